The highest BCUT2D eigenvalue weighted by atomic mass is 32.2. The maximum Gasteiger partial charge on any atom is 0.306 e. The Morgan fingerprint density at radius 3 is 2.42 bits per heavy atom. The summed E-state index contributed by atoms with van der Waals surface area (Å²) in [7, 11) is 1.42. The van der Waals surface area contributed by atoms with Gasteiger partial charge in [-0.2, -0.15) is 0 Å². The smallest absolute Gasteiger partial charge is 0.306 e. The molecule has 0 spiro atoms. The van der Waals surface area contributed by atoms with Crippen molar-refractivity contribution >= 4 is 23.6 Å². The highest BCUT2D eigenvalue weighted by Crippen LogP contribution is 2.51. The van der Waals surface area contributed by atoms with E-state index >= 15 is 0 Å². The molecule has 1 atom stereocenters. The van der Waals surface area contributed by atoms with Gasteiger partial charge in [-0.15, -0.1) is 11.8 Å². The van der Waals surface area contributed by atoms with Gasteiger partial charge in [-0.3, -0.25) is 9.59 Å². The number of nitrogens with one attached hydrogen (secondary N) is 1. The van der Waals surface area contributed by atoms with Gasteiger partial charge in [0.2, 0.25) is 5.91 Å². The molecule has 0 saturated heterocycles. The number of carbonyl (C=O) groups is 2. The molecule has 1 N–H and O–H groups in total. The Hall–Kier alpha value is -0.710. The maximum absolute atomic E-state index is 11.8. The van der Waals surface area contributed by atoms with Crippen LogP contribution < -0.4 is 5.32 Å². The number of amides is 1. The fourth-order valence-corrected chi connectivity index (χ4v) is 2.98. The summed E-state index contributed by atoms with van der Waals surface area (Å²) in [5.74, 6) is 1.27. The lowest BCUT2D eigenvalue weighted by Gasteiger charge is -2.17. The summed E-state index contributed by atoms with van der Waals surface area (Å²) in [5, 5.41) is 2.88. The molecule has 1 rings (SSSR count). The summed E-state index contributed by atoms with van der Waals surface area (Å²) in [6.07, 6.45) is 2.61. The number of methoxy groups -OCH3 is 1. The molecule has 0 aromatic rings. The zero-order chi connectivity index (χ0) is 14.5. The third-order valence-corrected chi connectivity index (χ3v) is 4.89. The number of hydrogen-bond donors (Lipinski definition) is 1. The van der Waals surface area contributed by atoms with Crippen LogP contribution in [0.4, 0.5) is 0 Å². The van der Waals surface area contributed by atoms with Crippen molar-refractivity contribution in [2.75, 3.05) is 19.4 Å². The SMILES string of the molecule is COC(=O)CC1(CSC(C)C(=O)NCC(C)C)CC1. The van der Waals surface area contributed by atoms with E-state index < -0.39 is 0 Å². The summed E-state index contributed by atoms with van der Waals surface area (Å²) in [4.78, 5) is 23.2. The highest BCUT2D eigenvalue weighted by Gasteiger charge is 2.44. The molecule has 1 fully saturated rings. The van der Waals surface area contributed by atoms with Crippen LogP contribution in [0.1, 0.15) is 40.0 Å². The second-order valence-electron chi connectivity index (χ2n) is 5.85. The molecule has 0 aromatic heterocycles. The minimum atomic E-state index is -0.144. The average Bonchev–Trinajstić information content (AvgIpc) is 3.12. The summed E-state index contributed by atoms with van der Waals surface area (Å²) < 4.78 is 4.72. The molecule has 5 heteroatoms. The van der Waals surface area contributed by atoms with Gasteiger partial charge in [-0.05, 0) is 31.1 Å². The molecule has 0 bridgehead atoms. The predicted molar refractivity (Wildman–Crippen MR) is 78.1 cm³/mol. The number of hydrogen-bond acceptors (Lipinski definition) is 4. The molecular weight excluding hydrogens is 262 g/mol. The van der Waals surface area contributed by atoms with Gasteiger partial charge in [0, 0.05) is 12.3 Å². The van der Waals surface area contributed by atoms with Gasteiger partial charge >= 0.3 is 5.97 Å². The van der Waals surface area contributed by atoms with Crippen molar-refractivity contribution in [3.63, 3.8) is 0 Å². The molecule has 0 aliphatic heterocycles. The van der Waals surface area contributed by atoms with Crippen LogP contribution in [-0.4, -0.2) is 36.5 Å². The summed E-state index contributed by atoms with van der Waals surface area (Å²) >= 11 is 1.64. The zero-order valence-electron chi connectivity index (χ0n) is 12.3. The van der Waals surface area contributed by atoms with Crippen LogP contribution in [0.3, 0.4) is 0 Å². The van der Waals surface area contributed by atoms with E-state index in [1.165, 1.54) is 7.11 Å². The fraction of sp³-hybridized carbons (Fsp3) is 0.857. The lowest BCUT2D eigenvalue weighted by atomic mass is 10.1. The Balaban J connectivity index is 2.28. The van der Waals surface area contributed by atoms with Crippen molar-refractivity contribution in [2.24, 2.45) is 11.3 Å². The minimum absolute atomic E-state index is 0.0612. The Labute approximate surface area is 120 Å². The van der Waals surface area contributed by atoms with Crippen molar-refractivity contribution in [1.29, 1.82) is 0 Å². The molecule has 1 saturated carbocycles. The van der Waals surface area contributed by atoms with Gasteiger partial charge in [0.1, 0.15) is 0 Å². The van der Waals surface area contributed by atoms with E-state index in [2.05, 4.69) is 19.2 Å². The lowest BCUT2D eigenvalue weighted by molar-refractivity contribution is -0.141. The Bertz CT molecular complexity index is 327. The first-order chi connectivity index (χ1) is 8.88. The van der Waals surface area contributed by atoms with Crippen molar-refractivity contribution in [1.82, 2.24) is 5.32 Å². The number of rotatable bonds is 8. The third kappa shape index (κ3) is 5.85. The second-order valence-corrected chi connectivity index (χ2v) is 7.17. The van der Waals surface area contributed by atoms with Crippen molar-refractivity contribution in [2.45, 2.75) is 45.3 Å². The number of carbonyl (C=O) groups excluding carboxylic acids is 2. The summed E-state index contributed by atoms with van der Waals surface area (Å²) in [5.41, 5.74) is 0.0876. The quantitative estimate of drug-likeness (QED) is 0.696. The first kappa shape index (κ1) is 16.3. The third-order valence-electron chi connectivity index (χ3n) is 3.40. The van der Waals surface area contributed by atoms with Crippen molar-refractivity contribution < 1.29 is 14.3 Å². The molecule has 0 radical (unpaired) electrons. The fourth-order valence-electron chi connectivity index (χ4n) is 1.75. The van der Waals surface area contributed by atoms with Gasteiger partial charge in [0.15, 0.2) is 0 Å². The molecule has 4 nitrogen and oxygen atoms in total. The van der Waals surface area contributed by atoms with Crippen molar-refractivity contribution in [3.05, 3.63) is 0 Å². The molecule has 0 heterocycles. The van der Waals surface area contributed by atoms with Crippen LogP contribution in [0.25, 0.3) is 0 Å². The van der Waals surface area contributed by atoms with Crippen LogP contribution >= 0.6 is 11.8 Å². The number of esters is 1. The van der Waals surface area contributed by atoms with E-state index in [9.17, 15) is 9.59 Å². The van der Waals surface area contributed by atoms with E-state index in [0.717, 1.165) is 25.1 Å². The van der Waals surface area contributed by atoms with Crippen LogP contribution in [0.15, 0.2) is 0 Å². The summed E-state index contributed by atoms with van der Waals surface area (Å²) in [6, 6.07) is 0. The van der Waals surface area contributed by atoms with Crippen LogP contribution in [-0.2, 0) is 14.3 Å². The standard InChI is InChI=1S/C14H25NO3S/c1-10(2)8-15-13(17)11(3)19-9-14(5-6-14)7-12(16)18-4/h10-11H,5-9H2,1-4H3,(H,15,17). The van der Waals surface area contributed by atoms with E-state index in [1.54, 1.807) is 11.8 Å². The normalized spacial score (nSPS) is 17.9. The molecule has 0 aromatic carbocycles. The van der Waals surface area contributed by atoms with Gasteiger partial charge in [-0.1, -0.05) is 13.8 Å². The van der Waals surface area contributed by atoms with Crippen molar-refractivity contribution in [3.8, 4) is 0 Å². The first-order valence-electron chi connectivity index (χ1n) is 6.85. The van der Waals surface area contributed by atoms with E-state index in [1.807, 2.05) is 6.92 Å². The Morgan fingerprint density at radius 2 is 1.95 bits per heavy atom. The van der Waals surface area contributed by atoms with Gasteiger partial charge < -0.3 is 10.1 Å². The van der Waals surface area contributed by atoms with Crippen LogP contribution in [0, 0.1) is 11.3 Å². The van der Waals surface area contributed by atoms with Crippen LogP contribution in [0.5, 0.6) is 0 Å². The molecule has 1 amide bonds. The average molecular weight is 287 g/mol. The maximum atomic E-state index is 11.8. The Morgan fingerprint density at radius 1 is 1.32 bits per heavy atom. The van der Waals surface area contributed by atoms with Gasteiger partial charge in [0.25, 0.3) is 0 Å². The van der Waals surface area contributed by atoms with E-state index in [-0.39, 0.29) is 22.5 Å². The zero-order valence-corrected chi connectivity index (χ0v) is 13.1. The monoisotopic (exact) mass is 287 g/mol. The van der Waals surface area contributed by atoms with E-state index in [0.29, 0.717) is 12.3 Å². The summed E-state index contributed by atoms with van der Waals surface area (Å²) in [6.45, 7) is 6.80. The molecule has 19 heavy (non-hydrogen) atoms. The molecule has 1 unspecified atom stereocenters. The van der Waals surface area contributed by atoms with Gasteiger partial charge in [0.05, 0.1) is 18.8 Å². The van der Waals surface area contributed by atoms with Gasteiger partial charge in [-0.25, -0.2) is 0 Å². The number of ether oxygens (including phenoxy) is 1. The van der Waals surface area contributed by atoms with E-state index in [4.69, 9.17) is 4.74 Å². The molecule has 1 aliphatic rings. The largest absolute Gasteiger partial charge is 0.469 e. The number of thioether (sulfide) groups is 1. The predicted octanol–water partition coefficient (Wildman–Crippen LogP) is 2.22. The Kier molecular flexibility index (Phi) is 6.17. The second kappa shape index (κ2) is 7.17. The first-order valence-corrected chi connectivity index (χ1v) is 7.89. The topological polar surface area (TPSA) is 55.4 Å². The molecule has 110 valence electrons. The molecule has 1 aliphatic carbocycles. The molecular formula is C14H25NO3S. The highest BCUT2D eigenvalue weighted by molar-refractivity contribution is 8.00. The van der Waals surface area contributed by atoms with Crippen LogP contribution in [0.2, 0.25) is 0 Å². The lowest BCUT2D eigenvalue weighted by Crippen LogP contribution is -2.34. The minimum Gasteiger partial charge on any atom is -0.469 e.